The van der Waals surface area contributed by atoms with Gasteiger partial charge in [-0.25, -0.2) is 0 Å². The second-order valence-electron chi connectivity index (χ2n) is 7.62. The molecule has 106 valence electrons. The van der Waals surface area contributed by atoms with Crippen molar-refractivity contribution < 1.29 is 4.79 Å². The van der Waals surface area contributed by atoms with Gasteiger partial charge in [0.05, 0.1) is 0 Å². The Balaban J connectivity index is 1.69. The molecule has 3 atom stereocenters. The number of carbonyl (C=O) groups is 1. The molecule has 0 aliphatic heterocycles. The summed E-state index contributed by atoms with van der Waals surface area (Å²) in [7, 11) is 0. The van der Waals surface area contributed by atoms with Gasteiger partial charge in [-0.3, -0.25) is 4.79 Å². The third kappa shape index (κ3) is 2.00. The van der Waals surface area contributed by atoms with Gasteiger partial charge in [0, 0.05) is 6.42 Å². The average molecular weight is 260 g/mol. The lowest BCUT2D eigenvalue weighted by molar-refractivity contribution is -0.118. The molecule has 1 saturated carbocycles. The van der Waals surface area contributed by atoms with Gasteiger partial charge in [0.2, 0.25) is 0 Å². The smallest absolute Gasteiger partial charge is 0.159 e. The van der Waals surface area contributed by atoms with E-state index in [1.165, 1.54) is 50.5 Å². The van der Waals surface area contributed by atoms with Gasteiger partial charge in [0.15, 0.2) is 5.78 Å². The number of rotatable bonds is 5. The summed E-state index contributed by atoms with van der Waals surface area (Å²) < 4.78 is 0. The molecule has 0 spiro atoms. The van der Waals surface area contributed by atoms with Crippen LogP contribution in [0.15, 0.2) is 11.1 Å². The molecular formula is C18H28O. The van der Waals surface area contributed by atoms with Crippen molar-refractivity contribution in [2.75, 3.05) is 0 Å². The molecule has 1 fully saturated rings. The van der Waals surface area contributed by atoms with E-state index in [1.807, 2.05) is 0 Å². The van der Waals surface area contributed by atoms with Crippen LogP contribution < -0.4 is 0 Å². The fourth-order valence-corrected chi connectivity index (χ4v) is 4.76. The highest BCUT2D eigenvalue weighted by molar-refractivity contribution is 6.00. The Morgan fingerprint density at radius 1 is 1.16 bits per heavy atom. The third-order valence-electron chi connectivity index (χ3n) is 6.26. The van der Waals surface area contributed by atoms with Crippen molar-refractivity contribution in [2.45, 2.75) is 72.1 Å². The summed E-state index contributed by atoms with van der Waals surface area (Å²) in [6.45, 7) is 7.01. The molecule has 19 heavy (non-hydrogen) atoms. The van der Waals surface area contributed by atoms with Crippen molar-refractivity contribution >= 4 is 5.78 Å². The van der Waals surface area contributed by atoms with E-state index in [2.05, 4.69) is 20.8 Å². The number of ketones is 1. The predicted octanol–water partition coefficient (Wildman–Crippen LogP) is 4.91. The SMILES string of the molecule is CCCCCC[C@@H]1CC(=O)C2=C1C[C@H]1C[C@@H]2C1(C)C. The first-order chi connectivity index (χ1) is 9.05. The zero-order valence-corrected chi connectivity index (χ0v) is 12.8. The van der Waals surface area contributed by atoms with Gasteiger partial charge < -0.3 is 0 Å². The predicted molar refractivity (Wildman–Crippen MR) is 78.9 cm³/mol. The van der Waals surface area contributed by atoms with Crippen LogP contribution in [0.4, 0.5) is 0 Å². The van der Waals surface area contributed by atoms with E-state index in [1.54, 1.807) is 5.57 Å². The topological polar surface area (TPSA) is 17.1 Å². The molecule has 0 aromatic carbocycles. The molecule has 4 aliphatic carbocycles. The molecule has 0 unspecified atom stereocenters. The van der Waals surface area contributed by atoms with Crippen LogP contribution >= 0.6 is 0 Å². The normalized spacial score (nSPS) is 35.3. The third-order valence-corrected chi connectivity index (χ3v) is 6.26. The summed E-state index contributed by atoms with van der Waals surface area (Å²) in [4.78, 5) is 12.4. The highest BCUT2D eigenvalue weighted by Crippen LogP contribution is 2.64. The minimum Gasteiger partial charge on any atom is -0.295 e. The number of hydrogen-bond donors (Lipinski definition) is 0. The monoisotopic (exact) mass is 260 g/mol. The second kappa shape index (κ2) is 4.75. The molecule has 4 rings (SSSR count). The van der Waals surface area contributed by atoms with Crippen LogP contribution in [-0.2, 0) is 4.79 Å². The standard InChI is InChI=1S/C18H28O/c1-4-5-6-7-8-12-9-16(19)17-14(12)10-13-11-15(17)18(13,2)3/h12-13,15H,4-11H2,1-3H3/t12-,13+,15+/m1/s1. The molecule has 0 heterocycles. The molecule has 0 radical (unpaired) electrons. The maximum Gasteiger partial charge on any atom is 0.159 e. The summed E-state index contributed by atoms with van der Waals surface area (Å²) in [5, 5.41) is 0. The largest absolute Gasteiger partial charge is 0.295 e. The lowest BCUT2D eigenvalue weighted by Crippen LogP contribution is -2.49. The fourth-order valence-electron chi connectivity index (χ4n) is 4.76. The van der Waals surface area contributed by atoms with E-state index in [9.17, 15) is 4.79 Å². The summed E-state index contributed by atoms with van der Waals surface area (Å²) >= 11 is 0. The summed E-state index contributed by atoms with van der Waals surface area (Å²) in [6.07, 6.45) is 9.97. The van der Waals surface area contributed by atoms with Crippen molar-refractivity contribution in [2.24, 2.45) is 23.2 Å². The lowest BCUT2D eigenvalue weighted by atomic mass is 9.47. The second-order valence-corrected chi connectivity index (χ2v) is 7.62. The van der Waals surface area contributed by atoms with Crippen LogP contribution in [-0.4, -0.2) is 5.78 Å². The van der Waals surface area contributed by atoms with E-state index in [4.69, 9.17) is 0 Å². The van der Waals surface area contributed by atoms with E-state index in [0.717, 1.165) is 12.3 Å². The van der Waals surface area contributed by atoms with Gasteiger partial charge in [-0.1, -0.05) is 52.0 Å². The van der Waals surface area contributed by atoms with Crippen molar-refractivity contribution in [1.82, 2.24) is 0 Å². The molecule has 2 bridgehead atoms. The number of allylic oxidation sites excluding steroid dienone is 2. The average Bonchev–Trinajstić information content (AvgIpc) is 2.72. The van der Waals surface area contributed by atoms with Crippen LogP contribution in [0.3, 0.4) is 0 Å². The number of Topliss-reactive ketones (excluding diaryl/α,β-unsaturated/α-hetero) is 1. The maximum atomic E-state index is 12.4. The molecule has 0 saturated heterocycles. The van der Waals surface area contributed by atoms with Crippen molar-refractivity contribution in [3.63, 3.8) is 0 Å². The zero-order chi connectivity index (χ0) is 13.6. The molecule has 4 aliphatic rings. The first-order valence-electron chi connectivity index (χ1n) is 8.31. The Hall–Kier alpha value is -0.590. The minimum absolute atomic E-state index is 0.408. The van der Waals surface area contributed by atoms with Crippen LogP contribution in [0.25, 0.3) is 0 Å². The van der Waals surface area contributed by atoms with E-state index >= 15 is 0 Å². The molecular weight excluding hydrogens is 232 g/mol. The van der Waals surface area contributed by atoms with E-state index in [0.29, 0.717) is 23.0 Å². The van der Waals surface area contributed by atoms with Crippen molar-refractivity contribution in [3.8, 4) is 0 Å². The fraction of sp³-hybridized carbons (Fsp3) is 0.833. The lowest BCUT2D eigenvalue weighted by Gasteiger charge is -2.57. The van der Waals surface area contributed by atoms with Gasteiger partial charge in [-0.15, -0.1) is 0 Å². The van der Waals surface area contributed by atoms with Gasteiger partial charge in [-0.05, 0) is 48.0 Å². The Kier molecular flexibility index (Phi) is 3.35. The van der Waals surface area contributed by atoms with Crippen molar-refractivity contribution in [3.05, 3.63) is 11.1 Å². The van der Waals surface area contributed by atoms with Crippen LogP contribution in [0.1, 0.15) is 72.1 Å². The molecule has 0 aromatic heterocycles. The zero-order valence-electron chi connectivity index (χ0n) is 12.8. The molecule has 0 amide bonds. The number of carbonyl (C=O) groups excluding carboxylic acids is 1. The Bertz CT molecular complexity index is 415. The number of unbranched alkanes of at least 4 members (excludes halogenated alkanes) is 3. The summed E-state index contributed by atoms with van der Waals surface area (Å²) in [6, 6.07) is 0. The van der Waals surface area contributed by atoms with Crippen LogP contribution in [0, 0.1) is 23.2 Å². The first kappa shape index (κ1) is 13.4. The Morgan fingerprint density at radius 3 is 2.63 bits per heavy atom. The van der Waals surface area contributed by atoms with Gasteiger partial charge in [0.25, 0.3) is 0 Å². The summed E-state index contributed by atoms with van der Waals surface area (Å²) in [5.41, 5.74) is 3.31. The van der Waals surface area contributed by atoms with Crippen molar-refractivity contribution in [1.29, 1.82) is 0 Å². The highest BCUT2D eigenvalue weighted by atomic mass is 16.1. The Morgan fingerprint density at radius 2 is 1.95 bits per heavy atom. The van der Waals surface area contributed by atoms with E-state index < -0.39 is 0 Å². The molecule has 1 heteroatoms. The van der Waals surface area contributed by atoms with Crippen LogP contribution in [0.5, 0.6) is 0 Å². The Labute approximate surface area is 117 Å². The van der Waals surface area contributed by atoms with Gasteiger partial charge in [0.1, 0.15) is 0 Å². The minimum atomic E-state index is 0.408. The van der Waals surface area contributed by atoms with E-state index in [-0.39, 0.29) is 0 Å². The number of hydrogen-bond acceptors (Lipinski definition) is 1. The summed E-state index contributed by atoms with van der Waals surface area (Å²) in [5.74, 6) is 2.60. The molecule has 1 nitrogen and oxygen atoms in total. The van der Waals surface area contributed by atoms with Gasteiger partial charge >= 0.3 is 0 Å². The van der Waals surface area contributed by atoms with Gasteiger partial charge in [-0.2, -0.15) is 0 Å². The quantitative estimate of drug-likeness (QED) is 0.642. The molecule has 0 aromatic rings. The first-order valence-corrected chi connectivity index (χ1v) is 8.31. The van der Waals surface area contributed by atoms with Crippen LogP contribution in [0.2, 0.25) is 0 Å². The molecule has 0 N–H and O–H groups in total. The highest BCUT2D eigenvalue weighted by Gasteiger charge is 2.57. The maximum absolute atomic E-state index is 12.4.